The lowest BCUT2D eigenvalue weighted by Gasteiger charge is -2.26. The summed E-state index contributed by atoms with van der Waals surface area (Å²) in [4.78, 5) is 16.0. The van der Waals surface area contributed by atoms with Crippen LogP contribution in [0.4, 0.5) is 5.69 Å². The first-order valence-electron chi connectivity index (χ1n) is 9.70. The first kappa shape index (κ1) is 21.2. The van der Waals surface area contributed by atoms with E-state index in [1.807, 2.05) is 12.1 Å². The second-order valence-electron chi connectivity index (χ2n) is 7.25. The Hall–Kier alpha value is -1.06. The molecule has 1 aromatic heterocycles. The minimum atomic E-state index is -3.45. The van der Waals surface area contributed by atoms with Crippen molar-refractivity contribution >= 4 is 56.3 Å². The van der Waals surface area contributed by atoms with E-state index in [4.69, 9.17) is 11.6 Å². The summed E-state index contributed by atoms with van der Waals surface area (Å²) in [5.41, 5.74) is 1.78. The lowest BCUT2D eigenvalue weighted by Crippen LogP contribution is -2.35. The minimum absolute atomic E-state index is 0.0584. The molecule has 2 aliphatic rings. The molecule has 5 nitrogen and oxygen atoms in total. The smallest absolute Gasteiger partial charge is 0.243 e. The molecule has 2 aliphatic heterocycles. The highest BCUT2D eigenvalue weighted by molar-refractivity contribution is 7.99. The van der Waals surface area contributed by atoms with Crippen LogP contribution in [0.5, 0.6) is 0 Å². The van der Waals surface area contributed by atoms with Gasteiger partial charge in [-0.05, 0) is 55.2 Å². The molecule has 0 bridgehead atoms. The van der Waals surface area contributed by atoms with Gasteiger partial charge in [-0.2, -0.15) is 4.31 Å². The van der Waals surface area contributed by atoms with Crippen LogP contribution in [-0.2, 0) is 27.0 Å². The van der Waals surface area contributed by atoms with E-state index >= 15 is 0 Å². The Kier molecular flexibility index (Phi) is 6.56. The van der Waals surface area contributed by atoms with Gasteiger partial charge in [0.25, 0.3) is 0 Å². The molecule has 0 unspecified atom stereocenters. The fraction of sp³-hybridized carbons (Fsp3) is 0.450. The second kappa shape index (κ2) is 8.98. The molecule has 1 aromatic carbocycles. The Morgan fingerprint density at radius 2 is 1.90 bits per heavy atom. The number of nitrogens with zero attached hydrogens (tertiary/aromatic N) is 2. The number of amides is 1. The van der Waals surface area contributed by atoms with Crippen LogP contribution >= 0.6 is 34.7 Å². The number of piperidine rings is 1. The number of sulfonamides is 1. The zero-order chi connectivity index (χ0) is 20.4. The van der Waals surface area contributed by atoms with Gasteiger partial charge in [0.1, 0.15) is 0 Å². The van der Waals surface area contributed by atoms with Crippen LogP contribution in [0.1, 0.15) is 29.7 Å². The van der Waals surface area contributed by atoms with Gasteiger partial charge < -0.3 is 4.90 Å². The predicted octanol–water partition coefficient (Wildman–Crippen LogP) is 4.40. The zero-order valence-corrected chi connectivity index (χ0v) is 19.2. The summed E-state index contributed by atoms with van der Waals surface area (Å²) >= 11 is 9.05. The summed E-state index contributed by atoms with van der Waals surface area (Å²) in [6.45, 7) is 1.79. The van der Waals surface area contributed by atoms with Gasteiger partial charge in [-0.25, -0.2) is 8.42 Å². The molecule has 0 saturated carbocycles. The Balaban J connectivity index is 1.41. The standard InChI is InChI=1S/C20H23ClN2O3S3/c21-19-7-4-16(28-19)13-27-14-20(24)23-11-8-15-12-17(5-6-18(15)23)29(25,26)22-9-2-1-3-10-22/h4-7,12H,1-3,8-11,13-14H2. The van der Waals surface area contributed by atoms with Crippen molar-refractivity contribution in [1.82, 2.24) is 4.31 Å². The summed E-state index contributed by atoms with van der Waals surface area (Å²) in [7, 11) is -3.45. The number of hydrogen-bond acceptors (Lipinski definition) is 5. The van der Waals surface area contributed by atoms with Crippen LogP contribution in [-0.4, -0.2) is 44.0 Å². The van der Waals surface area contributed by atoms with E-state index < -0.39 is 10.0 Å². The summed E-state index contributed by atoms with van der Waals surface area (Å²) in [5.74, 6) is 1.21. The molecule has 0 radical (unpaired) electrons. The SMILES string of the molecule is O=C(CSCc1ccc(Cl)s1)N1CCc2cc(S(=O)(=O)N3CCCCC3)ccc21. The number of hydrogen-bond donors (Lipinski definition) is 0. The van der Waals surface area contributed by atoms with Crippen LogP contribution in [0.15, 0.2) is 35.2 Å². The monoisotopic (exact) mass is 470 g/mol. The highest BCUT2D eigenvalue weighted by Crippen LogP contribution is 2.32. The number of anilines is 1. The average Bonchev–Trinajstić information content (AvgIpc) is 3.34. The number of carbonyl (C=O) groups is 1. The van der Waals surface area contributed by atoms with Crippen molar-refractivity contribution < 1.29 is 13.2 Å². The predicted molar refractivity (Wildman–Crippen MR) is 121 cm³/mol. The Bertz CT molecular complexity index is 1000. The van der Waals surface area contributed by atoms with E-state index in [1.165, 1.54) is 11.3 Å². The fourth-order valence-electron chi connectivity index (χ4n) is 3.80. The topological polar surface area (TPSA) is 57.7 Å². The summed E-state index contributed by atoms with van der Waals surface area (Å²) in [5, 5.41) is 0. The first-order chi connectivity index (χ1) is 13.9. The molecule has 0 atom stereocenters. The summed E-state index contributed by atoms with van der Waals surface area (Å²) < 4.78 is 28.2. The molecule has 0 N–H and O–H groups in total. The van der Waals surface area contributed by atoms with Crippen molar-refractivity contribution in [3.63, 3.8) is 0 Å². The number of thiophene rings is 1. The van der Waals surface area contributed by atoms with Gasteiger partial charge in [-0.3, -0.25) is 4.79 Å². The molecular weight excluding hydrogens is 448 g/mol. The minimum Gasteiger partial charge on any atom is -0.311 e. The van der Waals surface area contributed by atoms with E-state index in [1.54, 1.807) is 39.2 Å². The molecule has 1 saturated heterocycles. The van der Waals surface area contributed by atoms with Gasteiger partial charge in [-0.1, -0.05) is 18.0 Å². The molecule has 1 fully saturated rings. The van der Waals surface area contributed by atoms with Crippen molar-refractivity contribution in [1.29, 1.82) is 0 Å². The van der Waals surface area contributed by atoms with Crippen LogP contribution in [0.2, 0.25) is 4.34 Å². The zero-order valence-electron chi connectivity index (χ0n) is 16.0. The highest BCUT2D eigenvalue weighted by atomic mass is 35.5. The number of halogens is 1. The van der Waals surface area contributed by atoms with Crippen molar-refractivity contribution in [3.8, 4) is 0 Å². The van der Waals surface area contributed by atoms with Gasteiger partial charge in [0.15, 0.2) is 0 Å². The molecular formula is C20H23ClN2O3S3. The summed E-state index contributed by atoms with van der Waals surface area (Å²) in [6, 6.07) is 9.05. The van der Waals surface area contributed by atoms with Crippen LogP contribution in [0.3, 0.4) is 0 Å². The maximum absolute atomic E-state index is 12.9. The molecule has 0 spiro atoms. The fourth-order valence-corrected chi connectivity index (χ4v) is 7.46. The number of rotatable bonds is 6. The van der Waals surface area contributed by atoms with Crippen molar-refractivity contribution in [2.45, 2.75) is 36.3 Å². The maximum atomic E-state index is 12.9. The number of thioether (sulfide) groups is 1. The van der Waals surface area contributed by atoms with E-state index in [0.717, 1.165) is 45.5 Å². The molecule has 4 rings (SSSR count). The maximum Gasteiger partial charge on any atom is 0.243 e. The van der Waals surface area contributed by atoms with E-state index in [0.29, 0.717) is 36.7 Å². The highest BCUT2D eigenvalue weighted by Gasteiger charge is 2.29. The van der Waals surface area contributed by atoms with Gasteiger partial charge in [0, 0.05) is 36.0 Å². The Morgan fingerprint density at radius 1 is 1.10 bits per heavy atom. The van der Waals surface area contributed by atoms with Crippen LogP contribution < -0.4 is 4.90 Å². The number of carbonyl (C=O) groups excluding carboxylic acids is 1. The lowest BCUT2D eigenvalue weighted by molar-refractivity contribution is -0.116. The van der Waals surface area contributed by atoms with Gasteiger partial charge in [0.05, 0.1) is 15.0 Å². The molecule has 0 aliphatic carbocycles. The number of fused-ring (bicyclic) bond motifs is 1. The van der Waals surface area contributed by atoms with Crippen molar-refractivity contribution in [2.24, 2.45) is 0 Å². The molecule has 9 heteroatoms. The third-order valence-electron chi connectivity index (χ3n) is 5.30. The second-order valence-corrected chi connectivity index (χ2v) is 12.0. The van der Waals surface area contributed by atoms with Crippen LogP contribution in [0.25, 0.3) is 0 Å². The Labute approximate surface area is 185 Å². The van der Waals surface area contributed by atoms with Gasteiger partial charge in [-0.15, -0.1) is 23.1 Å². The van der Waals surface area contributed by atoms with Gasteiger partial charge >= 0.3 is 0 Å². The van der Waals surface area contributed by atoms with E-state index in [-0.39, 0.29) is 5.91 Å². The van der Waals surface area contributed by atoms with Crippen LogP contribution in [0, 0.1) is 0 Å². The normalized spacial score (nSPS) is 17.5. The average molecular weight is 471 g/mol. The molecule has 3 heterocycles. The molecule has 2 aromatic rings. The van der Waals surface area contributed by atoms with E-state index in [9.17, 15) is 13.2 Å². The van der Waals surface area contributed by atoms with E-state index in [2.05, 4.69) is 0 Å². The first-order valence-corrected chi connectivity index (χ1v) is 13.5. The number of benzene rings is 1. The molecule has 156 valence electrons. The largest absolute Gasteiger partial charge is 0.311 e. The third kappa shape index (κ3) is 4.66. The molecule has 29 heavy (non-hydrogen) atoms. The van der Waals surface area contributed by atoms with Crippen molar-refractivity contribution in [3.05, 3.63) is 45.1 Å². The third-order valence-corrected chi connectivity index (χ3v) is 9.57. The Morgan fingerprint density at radius 3 is 2.62 bits per heavy atom. The molecule has 1 amide bonds. The summed E-state index contributed by atoms with van der Waals surface area (Å²) in [6.07, 6.45) is 3.62. The lowest BCUT2D eigenvalue weighted by atomic mass is 10.2. The quantitative estimate of drug-likeness (QED) is 0.627. The van der Waals surface area contributed by atoms with Gasteiger partial charge in [0.2, 0.25) is 15.9 Å². The van der Waals surface area contributed by atoms with Crippen molar-refractivity contribution in [2.75, 3.05) is 30.3 Å².